The summed E-state index contributed by atoms with van der Waals surface area (Å²) in [6.45, 7) is 12.0. The van der Waals surface area contributed by atoms with Crippen molar-refractivity contribution in [1.29, 1.82) is 0 Å². The zero-order valence-corrected chi connectivity index (χ0v) is 21.2. The van der Waals surface area contributed by atoms with Gasteiger partial charge in [0.05, 0.1) is 0 Å². The topological polar surface area (TPSA) is 9.23 Å². The molecule has 0 saturated heterocycles. The molecule has 0 bridgehead atoms. The van der Waals surface area contributed by atoms with Gasteiger partial charge in [0.25, 0.3) is 7.63 Å². The van der Waals surface area contributed by atoms with Gasteiger partial charge in [0.15, 0.2) is 0 Å². The quantitative estimate of drug-likeness (QED) is 0.108. The van der Waals surface area contributed by atoms with Crippen molar-refractivity contribution in [2.24, 2.45) is 0 Å². The van der Waals surface area contributed by atoms with Crippen LogP contribution in [0.3, 0.4) is 0 Å². The number of hydrogen-bond donors (Lipinski definition) is 0. The zero-order chi connectivity index (χ0) is 20.4. The highest BCUT2D eigenvalue weighted by Gasteiger charge is 2.40. The summed E-state index contributed by atoms with van der Waals surface area (Å²) in [4.78, 5) is 0. The van der Waals surface area contributed by atoms with E-state index in [0.29, 0.717) is 11.1 Å². The molecule has 164 valence electrons. The molecule has 27 heavy (non-hydrogen) atoms. The van der Waals surface area contributed by atoms with Gasteiger partial charge in [-0.2, -0.15) is 0 Å². The minimum Gasteiger partial charge on any atom is -0.403 e. The fraction of sp³-hybridized carbons (Fsp3) is 1.00. The van der Waals surface area contributed by atoms with Gasteiger partial charge in [0.1, 0.15) is 0 Å². The van der Waals surface area contributed by atoms with Crippen molar-refractivity contribution in [3.8, 4) is 0 Å². The number of halogens is 1. The van der Waals surface area contributed by atoms with Gasteiger partial charge >= 0.3 is 0 Å². The van der Waals surface area contributed by atoms with E-state index in [2.05, 4.69) is 34.6 Å². The Bertz CT molecular complexity index is 299. The predicted octanol–water partition coefficient (Wildman–Crippen LogP) is 9.77. The van der Waals surface area contributed by atoms with Gasteiger partial charge in [-0.1, -0.05) is 131 Å². The normalized spacial score (nSPS) is 12.4. The summed E-state index contributed by atoms with van der Waals surface area (Å²) in [6, 6.07) is 0. The zero-order valence-electron chi connectivity index (χ0n) is 19.5. The molecule has 0 atom stereocenters. The number of hydrogen-bond acceptors (Lipinski definition) is 1. The third-order valence-electron chi connectivity index (χ3n) is 5.90. The second kappa shape index (κ2) is 18.5. The first-order valence-corrected chi connectivity index (χ1v) is 15.4. The van der Waals surface area contributed by atoms with Crippen LogP contribution in [0.4, 0.5) is 0 Å². The van der Waals surface area contributed by atoms with Crippen molar-refractivity contribution < 1.29 is 4.43 Å². The summed E-state index contributed by atoms with van der Waals surface area (Å²) in [5, 5.41) is 0. The molecule has 0 aromatic heterocycles. The molecular weight excluding hydrogens is 368 g/mol. The molecule has 0 heterocycles. The van der Waals surface area contributed by atoms with E-state index < -0.39 is 7.63 Å². The van der Waals surface area contributed by atoms with Crippen molar-refractivity contribution in [2.75, 3.05) is 6.61 Å². The van der Waals surface area contributed by atoms with Crippen LogP contribution in [0, 0.1) is 0 Å². The lowest BCUT2D eigenvalue weighted by Crippen LogP contribution is -2.39. The Kier molecular flexibility index (Phi) is 18.8. The van der Waals surface area contributed by atoms with E-state index >= 15 is 0 Å². The van der Waals surface area contributed by atoms with Gasteiger partial charge in [-0.3, -0.25) is 0 Å². The lowest BCUT2D eigenvalue weighted by Gasteiger charge is -2.32. The van der Waals surface area contributed by atoms with E-state index in [1.807, 2.05) is 0 Å². The fourth-order valence-corrected chi connectivity index (χ4v) is 6.57. The smallest absolute Gasteiger partial charge is 0.295 e. The van der Waals surface area contributed by atoms with E-state index in [4.69, 9.17) is 15.5 Å². The van der Waals surface area contributed by atoms with Crippen LogP contribution in [0.15, 0.2) is 0 Å². The van der Waals surface area contributed by atoms with E-state index in [1.165, 1.54) is 103 Å². The van der Waals surface area contributed by atoms with Gasteiger partial charge in [-0.05, 0) is 17.5 Å². The van der Waals surface area contributed by atoms with Gasteiger partial charge < -0.3 is 4.43 Å². The highest BCUT2D eigenvalue weighted by atomic mass is 35.6. The predicted molar refractivity (Wildman–Crippen MR) is 127 cm³/mol. The molecule has 0 aliphatic rings. The van der Waals surface area contributed by atoms with Crippen LogP contribution in [0.2, 0.25) is 11.1 Å². The maximum absolute atomic E-state index is 6.80. The Morgan fingerprint density at radius 1 is 0.556 bits per heavy atom. The van der Waals surface area contributed by atoms with Crippen molar-refractivity contribution in [3.63, 3.8) is 0 Å². The molecule has 0 saturated carbocycles. The largest absolute Gasteiger partial charge is 0.403 e. The molecule has 0 rings (SSSR count). The third kappa shape index (κ3) is 15.0. The van der Waals surface area contributed by atoms with Crippen LogP contribution < -0.4 is 0 Å². The summed E-state index contributed by atoms with van der Waals surface area (Å²) in [7, 11) is -2.04. The molecule has 0 spiro atoms. The molecule has 0 aromatic rings. The monoisotopic (exact) mass is 418 g/mol. The van der Waals surface area contributed by atoms with E-state index in [9.17, 15) is 0 Å². The summed E-state index contributed by atoms with van der Waals surface area (Å²) in [5.41, 5.74) is 0.973. The summed E-state index contributed by atoms with van der Waals surface area (Å²) < 4.78 is 6.18. The molecule has 0 aliphatic carbocycles. The Labute approximate surface area is 178 Å². The van der Waals surface area contributed by atoms with Gasteiger partial charge in [-0.15, -0.1) is 11.1 Å². The van der Waals surface area contributed by atoms with Crippen molar-refractivity contribution in [2.45, 2.75) is 148 Å². The molecular formula is C24H51ClOSi. The van der Waals surface area contributed by atoms with Crippen molar-refractivity contribution in [3.05, 3.63) is 0 Å². The maximum Gasteiger partial charge on any atom is 0.295 e. The molecule has 1 nitrogen and oxygen atoms in total. The second-order valence-corrected chi connectivity index (χ2v) is 14.9. The SMILES string of the molecule is CCCCCCCCCCCCCCCCCCO[Si](Cl)(C(C)C)C(C)C. The van der Waals surface area contributed by atoms with Gasteiger partial charge in [0.2, 0.25) is 0 Å². The van der Waals surface area contributed by atoms with Gasteiger partial charge in [0, 0.05) is 6.61 Å². The Morgan fingerprint density at radius 2 is 0.852 bits per heavy atom. The first-order chi connectivity index (χ1) is 12.9. The second-order valence-electron chi connectivity index (χ2n) is 9.16. The van der Waals surface area contributed by atoms with Crippen molar-refractivity contribution in [1.82, 2.24) is 0 Å². The molecule has 3 heteroatoms. The standard InChI is InChI=1S/C24H51ClOSi/c1-6-7-8-9-10-11-12-13-14-15-16-17-18-19-20-21-22-26-27(25,23(2)3)24(4)5/h23-24H,6-22H2,1-5H3. The van der Waals surface area contributed by atoms with Crippen molar-refractivity contribution >= 4 is 18.7 Å². The molecule has 0 radical (unpaired) electrons. The lowest BCUT2D eigenvalue weighted by atomic mass is 10.0. The fourth-order valence-electron chi connectivity index (χ4n) is 3.88. The number of rotatable bonds is 20. The van der Waals surface area contributed by atoms with Crippen LogP contribution in [-0.2, 0) is 4.43 Å². The molecule has 0 aliphatic heterocycles. The number of unbranched alkanes of at least 4 members (excludes halogenated alkanes) is 15. The summed E-state index contributed by atoms with van der Waals surface area (Å²) >= 11 is 6.80. The minimum atomic E-state index is -2.04. The lowest BCUT2D eigenvalue weighted by molar-refractivity contribution is 0.288. The van der Waals surface area contributed by atoms with E-state index in [1.54, 1.807) is 0 Å². The van der Waals surface area contributed by atoms with Crippen LogP contribution in [0.1, 0.15) is 137 Å². The first kappa shape index (κ1) is 27.5. The van der Waals surface area contributed by atoms with Crippen LogP contribution in [0.25, 0.3) is 0 Å². The first-order valence-electron chi connectivity index (χ1n) is 12.3. The molecule has 0 unspecified atom stereocenters. The Morgan fingerprint density at radius 3 is 1.15 bits per heavy atom. The molecule has 0 aromatic carbocycles. The van der Waals surface area contributed by atoms with Gasteiger partial charge in [-0.25, -0.2) is 0 Å². The maximum atomic E-state index is 6.80. The van der Waals surface area contributed by atoms with E-state index in [0.717, 1.165) is 6.61 Å². The molecule has 0 fully saturated rings. The Balaban J connectivity index is 3.30. The minimum absolute atomic E-state index is 0.486. The summed E-state index contributed by atoms with van der Waals surface area (Å²) in [6.07, 6.45) is 22.5. The third-order valence-corrected chi connectivity index (χ3v) is 12.6. The highest BCUT2D eigenvalue weighted by Crippen LogP contribution is 2.36. The molecule has 0 amide bonds. The van der Waals surface area contributed by atoms with E-state index in [-0.39, 0.29) is 0 Å². The van der Waals surface area contributed by atoms with Crippen LogP contribution in [0.5, 0.6) is 0 Å². The Hall–Kier alpha value is 0.467. The summed E-state index contributed by atoms with van der Waals surface area (Å²) in [5.74, 6) is 0. The van der Waals surface area contributed by atoms with Crippen LogP contribution in [-0.4, -0.2) is 14.2 Å². The average Bonchev–Trinajstić information content (AvgIpc) is 2.63. The molecule has 0 N–H and O–H groups in total. The van der Waals surface area contributed by atoms with Crippen LogP contribution >= 0.6 is 11.1 Å². The average molecular weight is 419 g/mol. The highest BCUT2D eigenvalue weighted by molar-refractivity contribution is 7.18.